The largest absolute Gasteiger partial charge is 0.481 e. The second kappa shape index (κ2) is 5.29. The molecular formula is C10H14N2O3. The van der Waals surface area contributed by atoms with Crippen molar-refractivity contribution in [2.75, 3.05) is 6.61 Å². The van der Waals surface area contributed by atoms with Crippen LogP contribution in [-0.4, -0.2) is 27.7 Å². The molecule has 0 bridgehead atoms. The molecule has 0 saturated carbocycles. The van der Waals surface area contributed by atoms with E-state index in [9.17, 15) is 4.79 Å². The molecule has 0 aliphatic heterocycles. The standard InChI is InChI=1S/C10H14N2O3/c1-3-8-7(2)10(12-6-11-8)15-5-4-9(13)14/h6H,3-5H2,1-2H3,(H,13,14). The zero-order valence-corrected chi connectivity index (χ0v) is 8.86. The third-order valence-corrected chi connectivity index (χ3v) is 2.03. The predicted molar refractivity (Wildman–Crippen MR) is 53.9 cm³/mol. The Morgan fingerprint density at radius 1 is 1.53 bits per heavy atom. The predicted octanol–water partition coefficient (Wildman–Crippen LogP) is 1.20. The van der Waals surface area contributed by atoms with Crippen molar-refractivity contribution in [2.24, 2.45) is 0 Å². The fourth-order valence-corrected chi connectivity index (χ4v) is 1.21. The molecule has 1 aromatic heterocycles. The molecule has 1 heterocycles. The lowest BCUT2D eigenvalue weighted by atomic mass is 10.2. The van der Waals surface area contributed by atoms with Crippen molar-refractivity contribution in [3.8, 4) is 5.88 Å². The molecule has 0 spiro atoms. The lowest BCUT2D eigenvalue weighted by molar-refractivity contribution is -0.137. The second-order valence-electron chi connectivity index (χ2n) is 3.10. The van der Waals surface area contributed by atoms with E-state index in [-0.39, 0.29) is 13.0 Å². The zero-order valence-electron chi connectivity index (χ0n) is 8.86. The summed E-state index contributed by atoms with van der Waals surface area (Å²) in [5.74, 6) is -0.402. The number of nitrogens with zero attached hydrogens (tertiary/aromatic N) is 2. The SMILES string of the molecule is CCc1ncnc(OCCC(=O)O)c1C. The Morgan fingerprint density at radius 2 is 2.27 bits per heavy atom. The third-order valence-electron chi connectivity index (χ3n) is 2.03. The summed E-state index contributed by atoms with van der Waals surface area (Å²) in [6.07, 6.45) is 2.22. The number of ether oxygens (including phenoxy) is 1. The molecule has 0 saturated heterocycles. The van der Waals surface area contributed by atoms with E-state index < -0.39 is 5.97 Å². The molecule has 5 heteroatoms. The Morgan fingerprint density at radius 3 is 2.87 bits per heavy atom. The van der Waals surface area contributed by atoms with E-state index in [1.54, 1.807) is 0 Å². The van der Waals surface area contributed by atoms with Crippen molar-refractivity contribution in [1.29, 1.82) is 0 Å². The Balaban J connectivity index is 2.64. The monoisotopic (exact) mass is 210 g/mol. The van der Waals surface area contributed by atoms with E-state index in [4.69, 9.17) is 9.84 Å². The van der Waals surface area contributed by atoms with Crippen LogP contribution in [0.25, 0.3) is 0 Å². The van der Waals surface area contributed by atoms with Gasteiger partial charge in [-0.2, -0.15) is 0 Å². The topological polar surface area (TPSA) is 72.3 Å². The molecule has 0 aliphatic rings. The van der Waals surface area contributed by atoms with Gasteiger partial charge in [0.1, 0.15) is 12.9 Å². The number of aryl methyl sites for hydroxylation is 1. The van der Waals surface area contributed by atoms with Gasteiger partial charge in [-0.1, -0.05) is 6.92 Å². The molecule has 0 radical (unpaired) electrons. The molecule has 0 unspecified atom stereocenters. The first kappa shape index (κ1) is 11.4. The van der Waals surface area contributed by atoms with Crippen LogP contribution in [0.5, 0.6) is 5.88 Å². The number of rotatable bonds is 5. The Bertz CT molecular complexity index is 353. The first-order valence-corrected chi connectivity index (χ1v) is 4.80. The van der Waals surface area contributed by atoms with Gasteiger partial charge in [-0.25, -0.2) is 9.97 Å². The minimum atomic E-state index is -0.877. The molecule has 0 atom stereocenters. The van der Waals surface area contributed by atoms with Gasteiger partial charge in [-0.05, 0) is 13.3 Å². The minimum absolute atomic E-state index is 0.0229. The van der Waals surface area contributed by atoms with Crippen LogP contribution in [0.3, 0.4) is 0 Å². The molecule has 82 valence electrons. The number of carboxylic acid groups (broad SMARTS) is 1. The van der Waals surface area contributed by atoms with Gasteiger partial charge in [0.15, 0.2) is 0 Å². The van der Waals surface area contributed by atoms with Crippen LogP contribution in [0, 0.1) is 6.92 Å². The molecule has 0 aliphatic carbocycles. The zero-order chi connectivity index (χ0) is 11.3. The van der Waals surface area contributed by atoms with Gasteiger partial charge in [-0.15, -0.1) is 0 Å². The summed E-state index contributed by atoms with van der Waals surface area (Å²) in [6, 6.07) is 0. The number of carboxylic acids is 1. The van der Waals surface area contributed by atoms with Gasteiger partial charge >= 0.3 is 5.97 Å². The first-order chi connectivity index (χ1) is 7.15. The summed E-state index contributed by atoms with van der Waals surface area (Å²) in [7, 11) is 0. The Hall–Kier alpha value is -1.65. The van der Waals surface area contributed by atoms with E-state index >= 15 is 0 Å². The van der Waals surface area contributed by atoms with Crippen molar-refractivity contribution < 1.29 is 14.6 Å². The van der Waals surface area contributed by atoms with Crippen molar-refractivity contribution in [3.05, 3.63) is 17.6 Å². The molecule has 1 aromatic rings. The van der Waals surface area contributed by atoms with Gasteiger partial charge in [0.05, 0.1) is 12.1 Å². The summed E-state index contributed by atoms with van der Waals surface area (Å²) in [5, 5.41) is 8.45. The fourth-order valence-electron chi connectivity index (χ4n) is 1.21. The van der Waals surface area contributed by atoms with Crippen LogP contribution >= 0.6 is 0 Å². The van der Waals surface area contributed by atoms with Crippen LogP contribution in [0.15, 0.2) is 6.33 Å². The van der Waals surface area contributed by atoms with Gasteiger partial charge < -0.3 is 9.84 Å². The van der Waals surface area contributed by atoms with Crippen LogP contribution < -0.4 is 4.74 Å². The highest BCUT2D eigenvalue weighted by Crippen LogP contribution is 2.16. The van der Waals surface area contributed by atoms with Crippen LogP contribution in [0.1, 0.15) is 24.6 Å². The van der Waals surface area contributed by atoms with Gasteiger partial charge in [0.2, 0.25) is 5.88 Å². The number of hydrogen-bond acceptors (Lipinski definition) is 4. The second-order valence-corrected chi connectivity index (χ2v) is 3.10. The van der Waals surface area contributed by atoms with E-state index in [0.29, 0.717) is 5.88 Å². The van der Waals surface area contributed by atoms with E-state index in [2.05, 4.69) is 9.97 Å². The van der Waals surface area contributed by atoms with Crippen LogP contribution in [0.2, 0.25) is 0 Å². The summed E-state index contributed by atoms with van der Waals surface area (Å²) in [4.78, 5) is 18.3. The molecule has 1 rings (SSSR count). The lowest BCUT2D eigenvalue weighted by Gasteiger charge is -2.08. The maximum atomic E-state index is 10.3. The molecule has 0 amide bonds. The molecular weight excluding hydrogens is 196 g/mol. The Kier molecular flexibility index (Phi) is 4.03. The van der Waals surface area contributed by atoms with Crippen LogP contribution in [0.4, 0.5) is 0 Å². The first-order valence-electron chi connectivity index (χ1n) is 4.80. The third kappa shape index (κ3) is 3.19. The highest BCUT2D eigenvalue weighted by Gasteiger charge is 2.07. The average Bonchev–Trinajstić information content (AvgIpc) is 2.20. The minimum Gasteiger partial charge on any atom is -0.481 e. The van der Waals surface area contributed by atoms with E-state index in [0.717, 1.165) is 17.7 Å². The van der Waals surface area contributed by atoms with Crippen molar-refractivity contribution in [3.63, 3.8) is 0 Å². The quantitative estimate of drug-likeness (QED) is 0.790. The van der Waals surface area contributed by atoms with Gasteiger partial charge in [0.25, 0.3) is 0 Å². The normalized spacial score (nSPS) is 10.0. The van der Waals surface area contributed by atoms with E-state index in [1.165, 1.54) is 6.33 Å². The molecule has 0 fully saturated rings. The van der Waals surface area contributed by atoms with E-state index in [1.807, 2.05) is 13.8 Å². The summed E-state index contributed by atoms with van der Waals surface area (Å²) in [5.41, 5.74) is 1.81. The molecule has 1 N–H and O–H groups in total. The van der Waals surface area contributed by atoms with Crippen LogP contribution in [-0.2, 0) is 11.2 Å². The smallest absolute Gasteiger partial charge is 0.306 e. The van der Waals surface area contributed by atoms with Crippen molar-refractivity contribution >= 4 is 5.97 Å². The summed E-state index contributed by atoms with van der Waals surface area (Å²) >= 11 is 0. The molecule has 15 heavy (non-hydrogen) atoms. The fraction of sp³-hybridized carbons (Fsp3) is 0.500. The van der Waals surface area contributed by atoms with Crippen molar-refractivity contribution in [1.82, 2.24) is 9.97 Å². The highest BCUT2D eigenvalue weighted by atomic mass is 16.5. The maximum Gasteiger partial charge on any atom is 0.306 e. The Labute approximate surface area is 88.1 Å². The molecule has 0 aromatic carbocycles. The van der Waals surface area contributed by atoms with Gasteiger partial charge in [0, 0.05) is 5.56 Å². The number of aliphatic carboxylic acids is 1. The maximum absolute atomic E-state index is 10.3. The number of hydrogen-bond donors (Lipinski definition) is 1. The molecule has 5 nitrogen and oxygen atoms in total. The van der Waals surface area contributed by atoms with Gasteiger partial charge in [-0.3, -0.25) is 4.79 Å². The number of carbonyl (C=O) groups is 1. The highest BCUT2D eigenvalue weighted by molar-refractivity contribution is 5.66. The lowest BCUT2D eigenvalue weighted by Crippen LogP contribution is -2.08. The number of aromatic nitrogens is 2. The summed E-state index contributed by atoms with van der Waals surface area (Å²) in [6.45, 7) is 4.00. The summed E-state index contributed by atoms with van der Waals surface area (Å²) < 4.78 is 5.26. The van der Waals surface area contributed by atoms with Crippen molar-refractivity contribution in [2.45, 2.75) is 26.7 Å². The average molecular weight is 210 g/mol.